The van der Waals surface area contributed by atoms with Crippen molar-refractivity contribution in [3.8, 4) is 0 Å². The van der Waals surface area contributed by atoms with Gasteiger partial charge in [-0.2, -0.15) is 0 Å². The third kappa shape index (κ3) is 4.92. The van der Waals surface area contributed by atoms with Crippen LogP contribution in [0.2, 0.25) is 0 Å². The lowest BCUT2D eigenvalue weighted by atomic mass is 10.0. The molecule has 0 bridgehead atoms. The Morgan fingerprint density at radius 1 is 1.46 bits per heavy atom. The van der Waals surface area contributed by atoms with Gasteiger partial charge in [0.05, 0.1) is 25.5 Å². The van der Waals surface area contributed by atoms with Crippen LogP contribution >= 0.6 is 23.1 Å². The van der Waals surface area contributed by atoms with Gasteiger partial charge in [0.25, 0.3) is 0 Å². The summed E-state index contributed by atoms with van der Waals surface area (Å²) in [5, 5.41) is 12.9. The Labute approximate surface area is 151 Å². The van der Waals surface area contributed by atoms with Crippen molar-refractivity contribution in [3.05, 3.63) is 11.1 Å². The van der Waals surface area contributed by atoms with Crippen LogP contribution in [0.5, 0.6) is 0 Å². The molecule has 3 rings (SSSR count). The molecule has 2 aliphatic heterocycles. The number of hydrogen-bond acceptors (Lipinski definition) is 7. The van der Waals surface area contributed by atoms with E-state index in [1.54, 1.807) is 16.2 Å². The fourth-order valence-corrected chi connectivity index (χ4v) is 4.95. The number of thiazole rings is 1. The topological polar surface area (TPSA) is 65.9 Å². The number of likely N-dealkylation sites (tertiary alicyclic amines) is 1. The molecule has 0 spiro atoms. The number of carbonyl (C=O) groups excluding carboxylic acids is 1. The molecule has 1 amide bonds. The van der Waals surface area contributed by atoms with Crippen LogP contribution in [-0.2, 0) is 9.53 Å². The van der Waals surface area contributed by atoms with Gasteiger partial charge in [0, 0.05) is 24.2 Å². The molecule has 6 nitrogen and oxygen atoms in total. The van der Waals surface area contributed by atoms with Gasteiger partial charge < -0.3 is 19.6 Å². The van der Waals surface area contributed by atoms with Crippen molar-refractivity contribution in [2.24, 2.45) is 0 Å². The van der Waals surface area contributed by atoms with Crippen LogP contribution in [0.4, 0.5) is 0 Å². The van der Waals surface area contributed by atoms with Crippen molar-refractivity contribution >= 4 is 29.0 Å². The molecule has 1 aromatic heterocycles. The van der Waals surface area contributed by atoms with Crippen LogP contribution < -0.4 is 0 Å². The summed E-state index contributed by atoms with van der Waals surface area (Å²) >= 11 is 3.03. The van der Waals surface area contributed by atoms with E-state index in [1.807, 2.05) is 12.3 Å². The highest BCUT2D eigenvalue weighted by atomic mass is 32.2. The van der Waals surface area contributed by atoms with Gasteiger partial charge in [-0.25, -0.2) is 4.98 Å². The predicted octanol–water partition coefficient (Wildman–Crippen LogP) is 1.23. The van der Waals surface area contributed by atoms with Crippen molar-refractivity contribution in [2.45, 2.75) is 29.7 Å². The minimum absolute atomic E-state index is 0.0400. The van der Waals surface area contributed by atoms with Crippen LogP contribution in [0.3, 0.4) is 0 Å². The molecule has 1 N–H and O–H groups in total. The zero-order valence-corrected chi connectivity index (χ0v) is 15.7. The monoisotopic (exact) mass is 371 g/mol. The average Bonchev–Trinajstić information content (AvgIpc) is 3.15. The molecule has 134 valence electrons. The van der Waals surface area contributed by atoms with E-state index >= 15 is 0 Å². The highest BCUT2D eigenvalue weighted by molar-refractivity contribution is 8.01. The number of rotatable bonds is 5. The number of thioether (sulfide) groups is 1. The van der Waals surface area contributed by atoms with Crippen molar-refractivity contribution < 1.29 is 14.6 Å². The van der Waals surface area contributed by atoms with E-state index in [-0.39, 0.29) is 5.91 Å². The van der Waals surface area contributed by atoms with Crippen LogP contribution in [0, 0.1) is 6.92 Å². The molecule has 1 atom stereocenters. The number of nitrogens with zero attached hydrogens (tertiary/aromatic N) is 3. The number of amides is 1. The van der Waals surface area contributed by atoms with Crippen molar-refractivity contribution in [1.29, 1.82) is 0 Å². The minimum Gasteiger partial charge on any atom is -0.384 e. The third-order valence-electron chi connectivity index (χ3n) is 4.35. The highest BCUT2D eigenvalue weighted by Crippen LogP contribution is 2.24. The number of aliphatic hydroxyl groups is 1. The zero-order valence-electron chi connectivity index (χ0n) is 14.1. The van der Waals surface area contributed by atoms with Crippen LogP contribution in [0.25, 0.3) is 0 Å². The number of β-amino-alcohol motifs (C(OH)–C–C–N with tert-alkyl or cyclic N) is 1. The van der Waals surface area contributed by atoms with Gasteiger partial charge >= 0.3 is 0 Å². The van der Waals surface area contributed by atoms with Gasteiger partial charge in [-0.15, -0.1) is 11.3 Å². The first-order valence-electron chi connectivity index (χ1n) is 8.39. The summed E-state index contributed by atoms with van der Waals surface area (Å²) in [5.74, 6) is 0.394. The Balaban J connectivity index is 1.55. The highest BCUT2D eigenvalue weighted by Gasteiger charge is 2.36. The quantitative estimate of drug-likeness (QED) is 0.786. The summed E-state index contributed by atoms with van der Waals surface area (Å²) in [6.45, 7) is 6.24. The number of aryl methyl sites for hydroxylation is 1. The maximum Gasteiger partial charge on any atom is 0.233 e. The van der Waals surface area contributed by atoms with Gasteiger partial charge in [-0.3, -0.25) is 4.79 Å². The number of hydrogen-bond donors (Lipinski definition) is 1. The molecular weight excluding hydrogens is 346 g/mol. The lowest BCUT2D eigenvalue weighted by molar-refractivity contribution is -0.131. The molecule has 0 radical (unpaired) electrons. The fraction of sp³-hybridized carbons (Fsp3) is 0.750. The summed E-state index contributed by atoms with van der Waals surface area (Å²) in [4.78, 5) is 20.9. The second-order valence-corrected chi connectivity index (χ2v) is 8.70. The van der Waals surface area contributed by atoms with Crippen molar-refractivity contribution in [3.63, 3.8) is 0 Å². The summed E-state index contributed by atoms with van der Waals surface area (Å²) in [5.41, 5.74) is 0.0111. The maximum absolute atomic E-state index is 12.6. The number of carbonyl (C=O) groups is 1. The average molecular weight is 372 g/mol. The first-order chi connectivity index (χ1) is 11.5. The zero-order chi connectivity index (χ0) is 17.0. The first-order valence-corrected chi connectivity index (χ1v) is 10.3. The Kier molecular flexibility index (Phi) is 6.15. The van der Waals surface area contributed by atoms with E-state index in [9.17, 15) is 9.90 Å². The maximum atomic E-state index is 12.6. The summed E-state index contributed by atoms with van der Waals surface area (Å²) in [7, 11) is 0. The molecule has 3 heterocycles. The van der Waals surface area contributed by atoms with E-state index in [2.05, 4.69) is 9.88 Å². The SMILES string of the molecule is Cc1csc(SCC(=O)N2CCOC[C@](O)(CN3CCCC3)C2)n1. The lowest BCUT2D eigenvalue weighted by Crippen LogP contribution is -2.53. The largest absolute Gasteiger partial charge is 0.384 e. The predicted molar refractivity (Wildman–Crippen MR) is 95.6 cm³/mol. The van der Waals surface area contributed by atoms with E-state index in [0.717, 1.165) is 23.1 Å². The molecule has 0 saturated carbocycles. The molecule has 0 aromatic carbocycles. The number of ether oxygens (including phenoxy) is 1. The smallest absolute Gasteiger partial charge is 0.233 e. The minimum atomic E-state index is -0.973. The van der Waals surface area contributed by atoms with Crippen molar-refractivity contribution in [2.75, 3.05) is 51.7 Å². The van der Waals surface area contributed by atoms with Gasteiger partial charge in [0.1, 0.15) is 5.60 Å². The Hall–Kier alpha value is -0.670. The standard InChI is InChI=1S/C16H25N3O3S2/c1-13-8-23-15(17-13)24-9-14(20)19-6-7-22-12-16(21,11-19)10-18-4-2-3-5-18/h8,21H,2-7,9-12H2,1H3/t16-/m0/s1. The Bertz CT molecular complexity index is 563. The third-order valence-corrected chi connectivity index (χ3v) is 6.47. The van der Waals surface area contributed by atoms with E-state index in [4.69, 9.17) is 4.74 Å². The normalized spacial score (nSPS) is 25.8. The van der Waals surface area contributed by atoms with Crippen molar-refractivity contribution in [1.82, 2.24) is 14.8 Å². The van der Waals surface area contributed by atoms with E-state index in [0.29, 0.717) is 38.6 Å². The summed E-state index contributed by atoms with van der Waals surface area (Å²) in [6, 6.07) is 0. The van der Waals surface area contributed by atoms with E-state index < -0.39 is 5.60 Å². The van der Waals surface area contributed by atoms with Gasteiger partial charge in [0.15, 0.2) is 4.34 Å². The molecule has 0 aliphatic carbocycles. The second kappa shape index (κ2) is 8.14. The summed E-state index contributed by atoms with van der Waals surface area (Å²) < 4.78 is 6.50. The van der Waals surface area contributed by atoms with E-state index in [1.165, 1.54) is 24.6 Å². The molecule has 2 saturated heterocycles. The van der Waals surface area contributed by atoms with Gasteiger partial charge in [0.2, 0.25) is 5.91 Å². The molecule has 2 aliphatic rings. The number of aromatic nitrogens is 1. The van der Waals surface area contributed by atoms with Gasteiger partial charge in [-0.05, 0) is 32.9 Å². The molecule has 8 heteroatoms. The van der Waals surface area contributed by atoms with Crippen LogP contribution in [0.15, 0.2) is 9.72 Å². The van der Waals surface area contributed by atoms with Gasteiger partial charge in [-0.1, -0.05) is 11.8 Å². The summed E-state index contributed by atoms with van der Waals surface area (Å²) in [6.07, 6.45) is 2.37. The second-order valence-electron chi connectivity index (χ2n) is 6.62. The van der Waals surface area contributed by atoms with Crippen LogP contribution in [-0.4, -0.2) is 83.1 Å². The lowest BCUT2D eigenvalue weighted by Gasteiger charge is -2.34. The Morgan fingerprint density at radius 2 is 2.25 bits per heavy atom. The Morgan fingerprint density at radius 3 is 2.96 bits per heavy atom. The molecule has 24 heavy (non-hydrogen) atoms. The molecule has 2 fully saturated rings. The first kappa shape index (κ1) is 18.1. The fourth-order valence-electron chi connectivity index (χ4n) is 3.20. The molecular formula is C16H25N3O3S2. The van der Waals surface area contributed by atoms with Crippen LogP contribution in [0.1, 0.15) is 18.5 Å². The molecule has 1 aromatic rings. The molecule has 0 unspecified atom stereocenters.